The van der Waals surface area contributed by atoms with Crippen LogP contribution in [-0.2, 0) is 28.6 Å². The number of hydrogen-bond donors (Lipinski definition) is 0. The number of hydrogen-bond acceptors (Lipinski definition) is 6. The number of unbranched alkanes of at least 4 members (excludes halogenated alkanes) is 29. The molecule has 0 aliphatic heterocycles. The van der Waals surface area contributed by atoms with Crippen LogP contribution in [-0.4, -0.2) is 37.2 Å². The highest BCUT2D eigenvalue weighted by Crippen LogP contribution is 2.16. The second-order valence-corrected chi connectivity index (χ2v) is 17.8. The second-order valence-electron chi connectivity index (χ2n) is 17.8. The molecule has 0 N–H and O–H groups in total. The van der Waals surface area contributed by atoms with Crippen molar-refractivity contribution in [1.29, 1.82) is 0 Å². The van der Waals surface area contributed by atoms with Crippen molar-refractivity contribution in [3.8, 4) is 0 Å². The van der Waals surface area contributed by atoms with E-state index in [4.69, 9.17) is 14.2 Å². The van der Waals surface area contributed by atoms with E-state index in [0.29, 0.717) is 19.3 Å². The molecule has 0 rings (SSSR count). The van der Waals surface area contributed by atoms with Crippen molar-refractivity contribution in [2.45, 2.75) is 277 Å². The molecular weight excluding hydrogens is 769 g/mol. The molecule has 1 atom stereocenters. The third-order valence-corrected chi connectivity index (χ3v) is 11.6. The fourth-order valence-corrected chi connectivity index (χ4v) is 7.61. The molecule has 0 saturated heterocycles. The highest BCUT2D eigenvalue weighted by Gasteiger charge is 2.19. The summed E-state index contributed by atoms with van der Waals surface area (Å²) in [7, 11) is 0. The molecule has 1 unspecified atom stereocenters. The number of allylic oxidation sites excluding steroid dienone is 8. The van der Waals surface area contributed by atoms with Gasteiger partial charge >= 0.3 is 17.9 Å². The van der Waals surface area contributed by atoms with E-state index >= 15 is 0 Å². The van der Waals surface area contributed by atoms with Gasteiger partial charge in [-0.25, -0.2) is 0 Å². The van der Waals surface area contributed by atoms with Crippen molar-refractivity contribution in [3.63, 3.8) is 0 Å². The lowest BCUT2D eigenvalue weighted by Gasteiger charge is -2.18. The molecule has 360 valence electrons. The van der Waals surface area contributed by atoms with Gasteiger partial charge in [0.2, 0.25) is 0 Å². The Morgan fingerprint density at radius 1 is 0.339 bits per heavy atom. The number of carbonyl (C=O) groups excluding carboxylic acids is 3. The summed E-state index contributed by atoms with van der Waals surface area (Å²) in [6, 6.07) is 0. The number of rotatable bonds is 48. The predicted molar refractivity (Wildman–Crippen MR) is 265 cm³/mol. The Bertz CT molecular complexity index is 1090. The van der Waals surface area contributed by atoms with E-state index in [-0.39, 0.29) is 37.5 Å². The molecular formula is C56H100O6. The van der Waals surface area contributed by atoms with E-state index in [2.05, 4.69) is 69.4 Å². The standard InChI is InChI=1S/C56H100O6/c1-4-7-10-13-15-17-19-21-23-24-25-26-27-28-29-30-31-33-34-36-38-40-43-46-49-55(58)61-52-53(51-60-54(57)48-45-42-12-9-6-3)62-56(59)50-47-44-41-39-37-35-32-22-20-18-16-14-11-8-5-2/h8,11,16,18,22,32,37,39,53H,4-7,9-10,12-15,17,19-21,23-31,33-36,38,40-52H2,1-3H3/b11-8-,18-16-,32-22-,39-37-. The van der Waals surface area contributed by atoms with Gasteiger partial charge in [0.05, 0.1) is 0 Å². The lowest BCUT2D eigenvalue weighted by molar-refractivity contribution is -0.167. The molecule has 0 heterocycles. The van der Waals surface area contributed by atoms with Crippen LogP contribution in [0.5, 0.6) is 0 Å². The van der Waals surface area contributed by atoms with Crippen LogP contribution in [0.25, 0.3) is 0 Å². The first-order valence-corrected chi connectivity index (χ1v) is 26.6. The summed E-state index contributed by atoms with van der Waals surface area (Å²) in [5.41, 5.74) is 0. The lowest BCUT2D eigenvalue weighted by atomic mass is 10.0. The topological polar surface area (TPSA) is 78.9 Å². The first kappa shape index (κ1) is 59.4. The van der Waals surface area contributed by atoms with E-state index in [9.17, 15) is 14.4 Å². The SMILES string of the molecule is CC/C=C\C/C=C\C/C=C\C/C=C\CCCCC(=O)OC(COC(=O)CCCCCCC)COC(=O)CCCCCCCCCCCCCCCCCCCCCCCCCC. The van der Waals surface area contributed by atoms with Crippen molar-refractivity contribution >= 4 is 17.9 Å². The monoisotopic (exact) mass is 869 g/mol. The fourth-order valence-electron chi connectivity index (χ4n) is 7.61. The van der Waals surface area contributed by atoms with Crippen LogP contribution in [0, 0.1) is 0 Å². The first-order valence-electron chi connectivity index (χ1n) is 26.6. The summed E-state index contributed by atoms with van der Waals surface area (Å²) >= 11 is 0. The average Bonchev–Trinajstić information content (AvgIpc) is 3.27. The molecule has 62 heavy (non-hydrogen) atoms. The van der Waals surface area contributed by atoms with Gasteiger partial charge in [0.15, 0.2) is 6.10 Å². The Kier molecular flexibility index (Phi) is 48.8. The minimum atomic E-state index is -0.788. The quantitative estimate of drug-likeness (QED) is 0.0262. The Balaban J connectivity index is 4.08. The molecule has 0 aliphatic rings. The molecule has 0 aromatic rings. The van der Waals surface area contributed by atoms with Crippen LogP contribution in [0.1, 0.15) is 271 Å². The van der Waals surface area contributed by atoms with Crippen LogP contribution in [0.15, 0.2) is 48.6 Å². The van der Waals surface area contributed by atoms with E-state index < -0.39 is 6.10 Å². The highest BCUT2D eigenvalue weighted by atomic mass is 16.6. The van der Waals surface area contributed by atoms with Gasteiger partial charge in [-0.2, -0.15) is 0 Å². The van der Waals surface area contributed by atoms with Gasteiger partial charge in [-0.1, -0.05) is 243 Å². The van der Waals surface area contributed by atoms with Gasteiger partial charge in [-0.3, -0.25) is 14.4 Å². The maximum absolute atomic E-state index is 12.7. The molecule has 6 nitrogen and oxygen atoms in total. The third-order valence-electron chi connectivity index (χ3n) is 11.6. The Labute approximate surface area is 384 Å². The van der Waals surface area contributed by atoms with Crippen LogP contribution in [0.4, 0.5) is 0 Å². The lowest BCUT2D eigenvalue weighted by Crippen LogP contribution is -2.30. The normalized spacial score (nSPS) is 12.4. The van der Waals surface area contributed by atoms with Gasteiger partial charge in [0.25, 0.3) is 0 Å². The summed E-state index contributed by atoms with van der Waals surface area (Å²) in [5.74, 6) is -0.936. The Hall–Kier alpha value is -2.63. The molecule has 0 saturated carbocycles. The maximum atomic E-state index is 12.7. The molecule has 0 radical (unpaired) electrons. The molecule has 0 aromatic carbocycles. The zero-order valence-electron chi connectivity index (χ0n) is 41.1. The van der Waals surface area contributed by atoms with Crippen LogP contribution in [0.3, 0.4) is 0 Å². The molecule has 0 aliphatic carbocycles. The number of ether oxygens (including phenoxy) is 3. The van der Waals surface area contributed by atoms with E-state index in [0.717, 1.165) is 83.5 Å². The van der Waals surface area contributed by atoms with Crippen molar-refractivity contribution in [1.82, 2.24) is 0 Å². The molecule has 0 bridgehead atoms. The Morgan fingerprint density at radius 2 is 0.629 bits per heavy atom. The molecule has 6 heteroatoms. The molecule has 0 amide bonds. The van der Waals surface area contributed by atoms with Gasteiger partial charge < -0.3 is 14.2 Å². The maximum Gasteiger partial charge on any atom is 0.306 e. The van der Waals surface area contributed by atoms with Crippen molar-refractivity contribution < 1.29 is 28.6 Å². The van der Waals surface area contributed by atoms with Crippen LogP contribution < -0.4 is 0 Å². The first-order chi connectivity index (χ1) is 30.5. The number of carbonyl (C=O) groups is 3. The summed E-state index contributed by atoms with van der Waals surface area (Å²) in [5, 5.41) is 0. The zero-order valence-corrected chi connectivity index (χ0v) is 41.1. The fraction of sp³-hybridized carbons (Fsp3) is 0.804. The molecule has 0 aromatic heterocycles. The third kappa shape index (κ3) is 48.4. The predicted octanol–water partition coefficient (Wildman–Crippen LogP) is 17.5. The van der Waals surface area contributed by atoms with Gasteiger partial charge in [-0.15, -0.1) is 0 Å². The summed E-state index contributed by atoms with van der Waals surface area (Å²) in [6.45, 7) is 6.43. The summed E-state index contributed by atoms with van der Waals surface area (Å²) in [4.78, 5) is 37.6. The second kappa shape index (κ2) is 51.0. The average molecular weight is 869 g/mol. The highest BCUT2D eigenvalue weighted by molar-refractivity contribution is 5.71. The minimum Gasteiger partial charge on any atom is -0.462 e. The van der Waals surface area contributed by atoms with Gasteiger partial charge in [0, 0.05) is 19.3 Å². The van der Waals surface area contributed by atoms with E-state index in [1.54, 1.807) is 0 Å². The van der Waals surface area contributed by atoms with Gasteiger partial charge in [-0.05, 0) is 57.8 Å². The van der Waals surface area contributed by atoms with Crippen LogP contribution in [0.2, 0.25) is 0 Å². The van der Waals surface area contributed by atoms with Crippen molar-refractivity contribution in [2.24, 2.45) is 0 Å². The smallest absolute Gasteiger partial charge is 0.306 e. The van der Waals surface area contributed by atoms with E-state index in [1.165, 1.54) is 141 Å². The molecule has 0 fully saturated rings. The Morgan fingerprint density at radius 3 is 0.984 bits per heavy atom. The van der Waals surface area contributed by atoms with Gasteiger partial charge in [0.1, 0.15) is 13.2 Å². The largest absolute Gasteiger partial charge is 0.462 e. The zero-order chi connectivity index (χ0) is 45.1. The summed E-state index contributed by atoms with van der Waals surface area (Å²) in [6.07, 6.45) is 61.6. The van der Waals surface area contributed by atoms with E-state index in [1.807, 2.05) is 0 Å². The van der Waals surface area contributed by atoms with Crippen molar-refractivity contribution in [2.75, 3.05) is 13.2 Å². The van der Waals surface area contributed by atoms with Crippen LogP contribution >= 0.6 is 0 Å². The van der Waals surface area contributed by atoms with Crippen molar-refractivity contribution in [3.05, 3.63) is 48.6 Å². The minimum absolute atomic E-state index is 0.0876. The molecule has 0 spiro atoms. The number of esters is 3. The summed E-state index contributed by atoms with van der Waals surface area (Å²) < 4.78 is 16.6.